The van der Waals surface area contributed by atoms with Gasteiger partial charge in [0.1, 0.15) is 11.4 Å². The predicted molar refractivity (Wildman–Crippen MR) is 144 cm³/mol. The zero-order valence-corrected chi connectivity index (χ0v) is 20.7. The quantitative estimate of drug-likeness (QED) is 0.125. The topological polar surface area (TPSA) is 134 Å². The number of fused-ring (bicyclic) bond motifs is 1. The maximum absolute atomic E-state index is 13.0. The minimum atomic E-state index is -0.738. The van der Waals surface area contributed by atoms with Crippen LogP contribution in [0.5, 0.6) is 5.75 Å². The van der Waals surface area contributed by atoms with E-state index in [9.17, 15) is 24.8 Å². The van der Waals surface area contributed by atoms with E-state index in [4.69, 9.17) is 0 Å². The molecule has 4 aromatic carbocycles. The van der Waals surface area contributed by atoms with Crippen molar-refractivity contribution < 1.29 is 19.6 Å². The Hall–Kier alpha value is -4.83. The van der Waals surface area contributed by atoms with Crippen molar-refractivity contribution in [2.75, 3.05) is 0 Å². The Labute approximate surface area is 219 Å². The summed E-state index contributed by atoms with van der Waals surface area (Å²) in [5.41, 5.74) is 3.29. The molecule has 10 heteroatoms. The van der Waals surface area contributed by atoms with Crippen LogP contribution in [0.1, 0.15) is 21.5 Å². The Kier molecular flexibility index (Phi) is 7.70. The van der Waals surface area contributed by atoms with E-state index in [1.807, 2.05) is 24.3 Å². The van der Waals surface area contributed by atoms with Crippen molar-refractivity contribution in [1.82, 2.24) is 10.7 Å². The Morgan fingerprint density at radius 1 is 0.973 bits per heavy atom. The van der Waals surface area contributed by atoms with Crippen LogP contribution in [0.15, 0.2) is 100 Å². The number of rotatable bonds is 7. The normalized spacial score (nSPS) is 11.4. The summed E-state index contributed by atoms with van der Waals surface area (Å²) >= 11 is 3.31. The molecule has 9 nitrogen and oxygen atoms in total. The Morgan fingerprint density at radius 3 is 2.35 bits per heavy atom. The highest BCUT2D eigenvalue weighted by Crippen LogP contribution is 2.33. The van der Waals surface area contributed by atoms with Crippen LogP contribution in [0, 0.1) is 10.1 Å². The zero-order valence-electron chi connectivity index (χ0n) is 19.1. The van der Waals surface area contributed by atoms with Gasteiger partial charge in [0, 0.05) is 23.3 Å². The van der Waals surface area contributed by atoms with Gasteiger partial charge in [-0.2, -0.15) is 5.10 Å². The molecule has 184 valence electrons. The number of hydrazone groups is 1. The molecule has 0 atom stereocenters. The minimum absolute atomic E-state index is 0.0456. The molecule has 0 spiro atoms. The molecule has 4 rings (SSSR count). The van der Waals surface area contributed by atoms with Crippen molar-refractivity contribution in [2.45, 2.75) is 0 Å². The fourth-order valence-electron chi connectivity index (χ4n) is 3.48. The van der Waals surface area contributed by atoms with Crippen LogP contribution in [0.3, 0.4) is 0 Å². The van der Waals surface area contributed by atoms with Crippen molar-refractivity contribution in [3.05, 3.63) is 122 Å². The first-order chi connectivity index (χ1) is 17.8. The predicted octanol–water partition coefficient (Wildman–Crippen LogP) is 5.14. The maximum atomic E-state index is 13.0. The molecule has 0 aromatic heterocycles. The number of benzene rings is 4. The molecule has 3 N–H and O–H groups in total. The highest BCUT2D eigenvalue weighted by molar-refractivity contribution is 9.10. The van der Waals surface area contributed by atoms with Gasteiger partial charge in [-0.1, -0.05) is 42.5 Å². The second-order valence-electron chi connectivity index (χ2n) is 7.77. The van der Waals surface area contributed by atoms with Crippen LogP contribution in [0.25, 0.3) is 16.8 Å². The van der Waals surface area contributed by atoms with Crippen LogP contribution in [-0.2, 0) is 4.79 Å². The third kappa shape index (κ3) is 6.06. The fourth-order valence-corrected chi connectivity index (χ4v) is 3.94. The number of hydrogen-bond acceptors (Lipinski definition) is 6. The molecule has 0 aliphatic heterocycles. The fraction of sp³-hybridized carbons (Fsp3) is 0. The molecule has 0 fully saturated rings. The first kappa shape index (κ1) is 25.3. The molecule has 37 heavy (non-hydrogen) atoms. The van der Waals surface area contributed by atoms with Crippen LogP contribution in [0.2, 0.25) is 0 Å². The summed E-state index contributed by atoms with van der Waals surface area (Å²) in [5, 5.41) is 29.6. The monoisotopic (exact) mass is 558 g/mol. The summed E-state index contributed by atoms with van der Waals surface area (Å²) in [7, 11) is 0. The van der Waals surface area contributed by atoms with Gasteiger partial charge in [-0.05, 0) is 68.7 Å². The average molecular weight is 559 g/mol. The van der Waals surface area contributed by atoms with E-state index in [0.29, 0.717) is 21.2 Å². The van der Waals surface area contributed by atoms with Gasteiger partial charge in [-0.25, -0.2) is 5.43 Å². The molecule has 0 bridgehead atoms. The smallest absolute Gasteiger partial charge is 0.287 e. The van der Waals surface area contributed by atoms with Crippen LogP contribution >= 0.6 is 15.9 Å². The summed E-state index contributed by atoms with van der Waals surface area (Å²) in [4.78, 5) is 36.1. The molecule has 2 amide bonds. The van der Waals surface area contributed by atoms with Gasteiger partial charge in [-0.3, -0.25) is 19.7 Å². The van der Waals surface area contributed by atoms with Gasteiger partial charge in [0.25, 0.3) is 17.5 Å². The summed E-state index contributed by atoms with van der Waals surface area (Å²) < 4.78 is 0.466. The number of halogens is 1. The van der Waals surface area contributed by atoms with E-state index in [2.05, 4.69) is 31.8 Å². The van der Waals surface area contributed by atoms with Crippen LogP contribution < -0.4 is 10.7 Å². The molecule has 0 aliphatic rings. The number of phenols is 1. The second kappa shape index (κ2) is 11.3. The number of amides is 2. The van der Waals surface area contributed by atoms with Gasteiger partial charge < -0.3 is 10.4 Å². The second-order valence-corrected chi connectivity index (χ2v) is 8.62. The van der Waals surface area contributed by atoms with Gasteiger partial charge in [0.2, 0.25) is 0 Å². The summed E-state index contributed by atoms with van der Waals surface area (Å²) in [5.74, 6) is -1.31. The Balaban J connectivity index is 1.62. The van der Waals surface area contributed by atoms with Crippen LogP contribution in [-0.4, -0.2) is 28.1 Å². The maximum Gasteiger partial charge on any atom is 0.287 e. The molecule has 0 aliphatic carbocycles. The number of carbonyl (C=O) groups excluding carboxylic acids is 2. The third-order valence-electron chi connectivity index (χ3n) is 5.32. The Bertz CT molecular complexity index is 1550. The van der Waals surface area contributed by atoms with Crippen LogP contribution in [0.4, 0.5) is 5.69 Å². The summed E-state index contributed by atoms with van der Waals surface area (Å²) in [6.45, 7) is 0. The van der Waals surface area contributed by atoms with E-state index in [1.165, 1.54) is 36.6 Å². The molecule has 0 unspecified atom stereocenters. The standard InChI is InChI=1S/C27H19BrN4O5/c28-23-15-19-8-4-5-9-21(19)22(25(23)33)16-29-31-27(35)24(30-26(34)18-6-2-1-3-7-18)14-17-10-12-20(13-11-17)32(36)37/h1-16,33H,(H,30,34)(H,31,35)/b24-14-,29-16+. The number of aromatic hydroxyl groups is 1. The van der Waals surface area contributed by atoms with E-state index in [-0.39, 0.29) is 17.1 Å². The number of carbonyl (C=O) groups is 2. The zero-order chi connectivity index (χ0) is 26.4. The molecular formula is C27H19BrN4O5. The number of nitro groups is 1. The Morgan fingerprint density at radius 2 is 1.65 bits per heavy atom. The third-order valence-corrected chi connectivity index (χ3v) is 5.92. The highest BCUT2D eigenvalue weighted by atomic mass is 79.9. The van der Waals surface area contributed by atoms with Gasteiger partial charge in [0.05, 0.1) is 15.6 Å². The van der Waals surface area contributed by atoms with Crippen molar-refractivity contribution in [3.63, 3.8) is 0 Å². The SMILES string of the molecule is O=C(N/N=C/c1c(O)c(Br)cc2ccccc12)/C(=C/c1ccc([N+](=O)[O-])cc1)NC(=O)c1ccccc1. The summed E-state index contributed by atoms with van der Waals surface area (Å²) in [6.07, 6.45) is 2.68. The van der Waals surface area contributed by atoms with Gasteiger partial charge in [-0.15, -0.1) is 0 Å². The lowest BCUT2D eigenvalue weighted by atomic mass is 10.0. The molecular weight excluding hydrogens is 540 g/mol. The largest absolute Gasteiger partial charge is 0.506 e. The molecule has 0 heterocycles. The summed E-state index contributed by atoms with van der Waals surface area (Å²) in [6, 6.07) is 22.9. The lowest BCUT2D eigenvalue weighted by molar-refractivity contribution is -0.384. The average Bonchev–Trinajstić information content (AvgIpc) is 2.91. The van der Waals surface area contributed by atoms with E-state index < -0.39 is 16.7 Å². The van der Waals surface area contributed by atoms with E-state index >= 15 is 0 Å². The number of non-ortho nitro benzene ring substituents is 1. The van der Waals surface area contributed by atoms with Crippen molar-refractivity contribution in [3.8, 4) is 5.75 Å². The van der Waals surface area contributed by atoms with Crippen molar-refractivity contribution >= 4 is 56.5 Å². The lowest BCUT2D eigenvalue weighted by Gasteiger charge is -2.10. The minimum Gasteiger partial charge on any atom is -0.506 e. The molecule has 0 radical (unpaired) electrons. The molecule has 4 aromatic rings. The highest BCUT2D eigenvalue weighted by Gasteiger charge is 2.15. The number of phenolic OH excluding ortho intramolecular Hbond substituents is 1. The molecule has 0 saturated carbocycles. The number of nitrogens with zero attached hydrogens (tertiary/aromatic N) is 2. The van der Waals surface area contributed by atoms with Gasteiger partial charge >= 0.3 is 0 Å². The number of hydrogen-bond donors (Lipinski definition) is 3. The first-order valence-corrected chi connectivity index (χ1v) is 11.7. The van der Waals surface area contributed by atoms with E-state index in [1.54, 1.807) is 36.4 Å². The van der Waals surface area contributed by atoms with Gasteiger partial charge in [0.15, 0.2) is 0 Å². The number of nitro benzene ring substituents is 1. The lowest BCUT2D eigenvalue weighted by Crippen LogP contribution is -2.32. The van der Waals surface area contributed by atoms with Crippen molar-refractivity contribution in [2.24, 2.45) is 5.10 Å². The number of nitrogens with one attached hydrogen (secondary N) is 2. The van der Waals surface area contributed by atoms with Crippen molar-refractivity contribution in [1.29, 1.82) is 0 Å². The first-order valence-electron chi connectivity index (χ1n) is 10.9. The van der Waals surface area contributed by atoms with E-state index in [0.717, 1.165) is 10.8 Å². The molecule has 0 saturated heterocycles.